The van der Waals surface area contributed by atoms with Crippen LogP contribution in [-0.2, 0) is 6.54 Å². The Morgan fingerprint density at radius 1 is 1.07 bits per heavy atom. The topological polar surface area (TPSA) is 64.0 Å². The number of amides is 1. The van der Waals surface area contributed by atoms with Gasteiger partial charge in [-0.3, -0.25) is 9.69 Å². The van der Waals surface area contributed by atoms with E-state index in [0.29, 0.717) is 5.56 Å². The Labute approximate surface area is 176 Å². The minimum atomic E-state index is -0.163. The van der Waals surface area contributed by atoms with Gasteiger partial charge in [0.15, 0.2) is 0 Å². The number of piperidine rings is 1. The van der Waals surface area contributed by atoms with E-state index in [1.54, 1.807) is 6.07 Å². The van der Waals surface area contributed by atoms with Gasteiger partial charge in [0, 0.05) is 31.7 Å². The van der Waals surface area contributed by atoms with E-state index in [9.17, 15) is 15.0 Å². The molecule has 1 atom stereocenters. The van der Waals surface area contributed by atoms with Crippen LogP contribution in [0.5, 0.6) is 5.75 Å². The van der Waals surface area contributed by atoms with Crippen molar-refractivity contribution in [2.75, 3.05) is 19.6 Å². The molecule has 0 aromatic heterocycles. The Morgan fingerprint density at radius 3 is 2.62 bits per heavy atom. The number of aromatic hydroxyl groups is 1. The van der Waals surface area contributed by atoms with Crippen molar-refractivity contribution in [2.24, 2.45) is 0 Å². The number of likely N-dealkylation sites (tertiary alicyclic amines) is 2. The monoisotopic (exact) mass is 414 g/mol. The third-order valence-corrected chi connectivity index (χ3v) is 6.31. The molecule has 0 saturated carbocycles. The smallest absolute Gasteiger partial charge is 0.254 e. The molecule has 0 bridgehead atoms. The molecular weight excluding hydrogens is 388 g/mol. The Hall–Kier alpha value is -2.08. The molecule has 5 nitrogen and oxygen atoms in total. The Bertz CT molecular complexity index is 880. The van der Waals surface area contributed by atoms with Crippen LogP contribution in [0.15, 0.2) is 42.5 Å². The number of aliphatic hydroxyl groups excluding tert-OH is 1. The van der Waals surface area contributed by atoms with Crippen LogP contribution in [0.25, 0.3) is 0 Å². The number of carbonyl (C=O) groups excluding carboxylic acids is 1. The summed E-state index contributed by atoms with van der Waals surface area (Å²) < 4.78 is 0. The zero-order valence-electron chi connectivity index (χ0n) is 16.4. The van der Waals surface area contributed by atoms with Gasteiger partial charge in [0.25, 0.3) is 5.91 Å². The number of carbonyl (C=O) groups is 1. The molecule has 2 aliphatic rings. The van der Waals surface area contributed by atoms with Crippen molar-refractivity contribution >= 4 is 17.5 Å². The fourth-order valence-corrected chi connectivity index (χ4v) is 4.58. The van der Waals surface area contributed by atoms with Crippen LogP contribution in [0.2, 0.25) is 5.02 Å². The van der Waals surface area contributed by atoms with E-state index in [2.05, 4.69) is 29.2 Å². The van der Waals surface area contributed by atoms with E-state index >= 15 is 0 Å². The molecule has 2 aliphatic heterocycles. The van der Waals surface area contributed by atoms with Gasteiger partial charge in [0.2, 0.25) is 0 Å². The molecule has 154 valence electrons. The number of phenols is 1. The molecule has 2 saturated heterocycles. The predicted octanol–water partition coefficient (Wildman–Crippen LogP) is 3.98. The van der Waals surface area contributed by atoms with E-state index in [1.165, 1.54) is 17.7 Å². The molecule has 2 N–H and O–H groups in total. The number of aliphatic hydroxyl groups is 1. The summed E-state index contributed by atoms with van der Waals surface area (Å²) in [6.45, 7) is 3.42. The standard InChI is InChI=1S/C23H27ClN2O3/c24-20-14-18(6-7-22(20)28)23(29)26-10-2-5-21(26)17-4-1-3-16(13-17)15-25-11-8-19(27)9-12-25/h1,3-4,6-7,13-14,19,21,27-28H,2,5,8-12,15H2. The molecule has 1 amide bonds. The van der Waals surface area contributed by atoms with Crippen molar-refractivity contribution in [1.82, 2.24) is 9.80 Å². The fraction of sp³-hybridized carbons (Fsp3) is 0.435. The van der Waals surface area contributed by atoms with Gasteiger partial charge >= 0.3 is 0 Å². The number of rotatable bonds is 4. The lowest BCUT2D eigenvalue weighted by atomic mass is 10.0. The molecule has 1 unspecified atom stereocenters. The summed E-state index contributed by atoms with van der Waals surface area (Å²) in [5.74, 6) is -0.0658. The van der Waals surface area contributed by atoms with Gasteiger partial charge in [0.1, 0.15) is 5.75 Å². The highest BCUT2D eigenvalue weighted by atomic mass is 35.5. The molecule has 2 fully saturated rings. The minimum Gasteiger partial charge on any atom is -0.506 e. The van der Waals surface area contributed by atoms with Gasteiger partial charge in [0.05, 0.1) is 17.2 Å². The maximum Gasteiger partial charge on any atom is 0.254 e. The first-order chi connectivity index (χ1) is 14.0. The number of hydrogen-bond acceptors (Lipinski definition) is 4. The van der Waals surface area contributed by atoms with Crippen molar-refractivity contribution in [3.63, 3.8) is 0 Å². The second-order valence-corrected chi connectivity index (χ2v) is 8.48. The normalized spacial score (nSPS) is 20.9. The molecule has 29 heavy (non-hydrogen) atoms. The SMILES string of the molecule is O=C(c1ccc(O)c(Cl)c1)N1CCCC1c1cccc(CN2CCC(O)CC2)c1. The van der Waals surface area contributed by atoms with E-state index < -0.39 is 0 Å². The van der Waals surface area contributed by atoms with Gasteiger partial charge in [-0.2, -0.15) is 0 Å². The molecule has 0 spiro atoms. The number of nitrogens with zero attached hydrogens (tertiary/aromatic N) is 2. The first-order valence-corrected chi connectivity index (χ1v) is 10.7. The van der Waals surface area contributed by atoms with Crippen LogP contribution in [0.3, 0.4) is 0 Å². The van der Waals surface area contributed by atoms with Crippen LogP contribution < -0.4 is 0 Å². The van der Waals surface area contributed by atoms with E-state index in [-0.39, 0.29) is 28.8 Å². The van der Waals surface area contributed by atoms with Gasteiger partial charge in [-0.05, 0) is 55.0 Å². The largest absolute Gasteiger partial charge is 0.506 e. The molecule has 4 rings (SSSR count). The lowest BCUT2D eigenvalue weighted by Crippen LogP contribution is -2.35. The lowest BCUT2D eigenvalue weighted by molar-refractivity contribution is 0.0735. The van der Waals surface area contributed by atoms with Crippen molar-refractivity contribution in [1.29, 1.82) is 0 Å². The maximum absolute atomic E-state index is 13.1. The Balaban J connectivity index is 1.49. The zero-order chi connectivity index (χ0) is 20.4. The molecular formula is C23H27ClN2O3. The minimum absolute atomic E-state index is 0.0147. The zero-order valence-corrected chi connectivity index (χ0v) is 17.2. The molecule has 2 heterocycles. The maximum atomic E-state index is 13.1. The van der Waals surface area contributed by atoms with Crippen molar-refractivity contribution in [3.05, 3.63) is 64.2 Å². The second-order valence-electron chi connectivity index (χ2n) is 8.08. The number of phenolic OH excluding ortho intramolecular Hbond substituents is 1. The highest BCUT2D eigenvalue weighted by Crippen LogP contribution is 2.34. The number of hydrogen-bond donors (Lipinski definition) is 2. The molecule has 6 heteroatoms. The first kappa shape index (κ1) is 20.2. The Kier molecular flexibility index (Phi) is 6.09. The van der Waals surface area contributed by atoms with E-state index in [4.69, 9.17) is 11.6 Å². The lowest BCUT2D eigenvalue weighted by Gasteiger charge is -2.30. The van der Waals surface area contributed by atoms with Crippen LogP contribution >= 0.6 is 11.6 Å². The van der Waals surface area contributed by atoms with Crippen molar-refractivity contribution in [2.45, 2.75) is 44.4 Å². The summed E-state index contributed by atoms with van der Waals surface area (Å²) in [7, 11) is 0. The summed E-state index contributed by atoms with van der Waals surface area (Å²) in [4.78, 5) is 17.4. The van der Waals surface area contributed by atoms with Gasteiger partial charge in [-0.25, -0.2) is 0 Å². The van der Waals surface area contributed by atoms with Crippen LogP contribution in [0, 0.1) is 0 Å². The van der Waals surface area contributed by atoms with Crippen molar-refractivity contribution in [3.8, 4) is 5.75 Å². The average molecular weight is 415 g/mol. The molecule has 2 aromatic rings. The Morgan fingerprint density at radius 2 is 1.86 bits per heavy atom. The number of halogens is 1. The summed E-state index contributed by atoms with van der Waals surface area (Å²) in [6, 6.07) is 13.2. The van der Waals surface area contributed by atoms with E-state index in [0.717, 1.165) is 57.4 Å². The average Bonchev–Trinajstić information content (AvgIpc) is 3.21. The third kappa shape index (κ3) is 4.58. The highest BCUT2D eigenvalue weighted by molar-refractivity contribution is 6.32. The van der Waals surface area contributed by atoms with Crippen LogP contribution in [0.1, 0.15) is 53.2 Å². The summed E-state index contributed by atoms with van der Waals surface area (Å²) in [5, 5.41) is 19.5. The summed E-state index contributed by atoms with van der Waals surface area (Å²) in [5.41, 5.74) is 2.91. The fourth-order valence-electron chi connectivity index (χ4n) is 4.40. The van der Waals surface area contributed by atoms with Crippen LogP contribution in [-0.4, -0.2) is 51.7 Å². The quantitative estimate of drug-likeness (QED) is 0.794. The predicted molar refractivity (Wildman–Crippen MR) is 113 cm³/mol. The van der Waals surface area contributed by atoms with Crippen LogP contribution in [0.4, 0.5) is 0 Å². The number of benzene rings is 2. The third-order valence-electron chi connectivity index (χ3n) is 6.01. The molecule has 0 aliphatic carbocycles. The van der Waals surface area contributed by atoms with Gasteiger partial charge < -0.3 is 15.1 Å². The van der Waals surface area contributed by atoms with Crippen molar-refractivity contribution < 1.29 is 15.0 Å². The molecule has 0 radical (unpaired) electrons. The van der Waals surface area contributed by atoms with Gasteiger partial charge in [-0.15, -0.1) is 0 Å². The van der Waals surface area contributed by atoms with Gasteiger partial charge in [-0.1, -0.05) is 35.9 Å². The van der Waals surface area contributed by atoms with E-state index in [1.807, 2.05) is 4.90 Å². The summed E-state index contributed by atoms with van der Waals surface area (Å²) in [6.07, 6.45) is 3.41. The highest BCUT2D eigenvalue weighted by Gasteiger charge is 2.31. The second kappa shape index (κ2) is 8.74. The molecule has 2 aromatic carbocycles. The summed E-state index contributed by atoms with van der Waals surface area (Å²) >= 11 is 6.00. The first-order valence-electron chi connectivity index (χ1n) is 10.3.